The molecule has 2 aliphatic heterocycles. The van der Waals surface area contributed by atoms with Crippen molar-refractivity contribution in [2.75, 3.05) is 13.7 Å². The molecule has 28 heavy (non-hydrogen) atoms. The molecule has 0 saturated carbocycles. The van der Waals surface area contributed by atoms with E-state index in [0.717, 1.165) is 18.4 Å². The third-order valence-electron chi connectivity index (χ3n) is 5.44. The second-order valence-electron chi connectivity index (χ2n) is 7.16. The lowest BCUT2D eigenvalue weighted by Gasteiger charge is -2.28. The summed E-state index contributed by atoms with van der Waals surface area (Å²) in [7, 11) is 1.55. The first-order chi connectivity index (χ1) is 13.6. The summed E-state index contributed by atoms with van der Waals surface area (Å²) in [5.74, 6) is 0.991. The molecule has 9 nitrogen and oxygen atoms in total. The molecule has 1 fully saturated rings. The average Bonchev–Trinajstić information content (AvgIpc) is 3.33. The third kappa shape index (κ3) is 3.15. The van der Waals surface area contributed by atoms with Crippen LogP contribution >= 0.6 is 0 Å². The van der Waals surface area contributed by atoms with Crippen LogP contribution in [-0.4, -0.2) is 49.8 Å². The second kappa shape index (κ2) is 7.46. The van der Waals surface area contributed by atoms with Gasteiger partial charge in [-0.05, 0) is 31.2 Å². The number of pyridine rings is 1. The van der Waals surface area contributed by atoms with Crippen molar-refractivity contribution in [2.45, 2.75) is 50.7 Å². The van der Waals surface area contributed by atoms with Gasteiger partial charge in [-0.25, -0.2) is 14.5 Å². The van der Waals surface area contributed by atoms with Crippen molar-refractivity contribution in [1.82, 2.24) is 24.2 Å². The predicted octanol–water partition coefficient (Wildman–Crippen LogP) is 0.889. The van der Waals surface area contributed by atoms with Crippen LogP contribution in [0.15, 0.2) is 23.1 Å². The number of methoxy groups -OCH3 is 1. The molecule has 0 aliphatic carbocycles. The second-order valence-corrected chi connectivity index (χ2v) is 7.16. The van der Waals surface area contributed by atoms with E-state index in [2.05, 4.69) is 16.2 Å². The summed E-state index contributed by atoms with van der Waals surface area (Å²) >= 11 is 0. The van der Waals surface area contributed by atoms with Gasteiger partial charge in [-0.1, -0.05) is 6.07 Å². The molecule has 0 spiro atoms. The number of carbonyl (C=O) groups is 1. The summed E-state index contributed by atoms with van der Waals surface area (Å²) in [5.41, 5.74) is 0.530. The lowest BCUT2D eigenvalue weighted by Crippen LogP contribution is -2.44. The quantitative estimate of drug-likeness (QED) is 0.777. The zero-order valence-electron chi connectivity index (χ0n) is 15.7. The van der Waals surface area contributed by atoms with Crippen molar-refractivity contribution in [3.05, 3.63) is 40.2 Å². The number of nitrogens with zero attached hydrogens (tertiary/aromatic N) is 6. The number of likely N-dealkylation sites (tertiary alicyclic amines) is 1. The van der Waals surface area contributed by atoms with Gasteiger partial charge >= 0.3 is 5.69 Å². The van der Waals surface area contributed by atoms with Gasteiger partial charge in [-0.3, -0.25) is 9.36 Å². The van der Waals surface area contributed by atoms with Crippen LogP contribution in [0.3, 0.4) is 0 Å². The summed E-state index contributed by atoms with van der Waals surface area (Å²) < 4.78 is 7.96. The van der Waals surface area contributed by atoms with Gasteiger partial charge in [0.25, 0.3) is 0 Å². The highest BCUT2D eigenvalue weighted by Gasteiger charge is 2.37. The largest absolute Gasteiger partial charge is 0.481 e. The number of ether oxygens (including phenoxy) is 1. The molecule has 4 rings (SSSR count). The molecule has 0 radical (unpaired) electrons. The van der Waals surface area contributed by atoms with Crippen molar-refractivity contribution in [3.8, 4) is 11.9 Å². The monoisotopic (exact) mass is 382 g/mol. The Hall–Kier alpha value is -3.15. The SMILES string of the molecule is COc1ccc(Cn2nc3n(c2=O)[C@H](C(=O)N2CCCC2C#N)CCC3)cn1. The van der Waals surface area contributed by atoms with E-state index in [1.165, 1.54) is 9.25 Å². The van der Waals surface area contributed by atoms with Crippen LogP contribution in [-0.2, 0) is 17.8 Å². The Morgan fingerprint density at radius 1 is 1.36 bits per heavy atom. The van der Waals surface area contributed by atoms with Crippen molar-refractivity contribution < 1.29 is 9.53 Å². The highest BCUT2D eigenvalue weighted by atomic mass is 16.5. The van der Waals surface area contributed by atoms with E-state index in [9.17, 15) is 14.9 Å². The van der Waals surface area contributed by atoms with Crippen LogP contribution in [0.1, 0.15) is 43.1 Å². The highest BCUT2D eigenvalue weighted by Crippen LogP contribution is 2.27. The van der Waals surface area contributed by atoms with Crippen molar-refractivity contribution in [1.29, 1.82) is 5.26 Å². The van der Waals surface area contributed by atoms with E-state index in [-0.39, 0.29) is 18.1 Å². The zero-order valence-corrected chi connectivity index (χ0v) is 15.7. The van der Waals surface area contributed by atoms with Crippen LogP contribution in [0.5, 0.6) is 5.88 Å². The van der Waals surface area contributed by atoms with E-state index >= 15 is 0 Å². The van der Waals surface area contributed by atoms with E-state index in [1.807, 2.05) is 6.07 Å². The summed E-state index contributed by atoms with van der Waals surface area (Å²) in [6, 6.07) is 4.80. The molecule has 4 heterocycles. The Balaban J connectivity index is 1.61. The van der Waals surface area contributed by atoms with E-state index in [4.69, 9.17) is 4.74 Å². The van der Waals surface area contributed by atoms with Crippen LogP contribution in [0.4, 0.5) is 0 Å². The lowest BCUT2D eigenvalue weighted by atomic mass is 10.0. The Morgan fingerprint density at radius 2 is 2.21 bits per heavy atom. The van der Waals surface area contributed by atoms with Gasteiger partial charge in [0.05, 0.1) is 19.7 Å². The number of rotatable bonds is 4. The van der Waals surface area contributed by atoms with Crippen molar-refractivity contribution in [2.24, 2.45) is 0 Å². The van der Waals surface area contributed by atoms with Crippen LogP contribution in [0.2, 0.25) is 0 Å². The molecule has 0 aromatic carbocycles. The minimum absolute atomic E-state index is 0.141. The smallest absolute Gasteiger partial charge is 0.346 e. The molecule has 1 unspecified atom stereocenters. The molecule has 2 aliphatic rings. The van der Waals surface area contributed by atoms with Crippen molar-refractivity contribution in [3.63, 3.8) is 0 Å². The Labute approximate surface area is 162 Å². The maximum atomic E-state index is 13.1. The fourth-order valence-corrected chi connectivity index (χ4v) is 4.02. The lowest BCUT2D eigenvalue weighted by molar-refractivity contribution is -0.135. The molecule has 2 aromatic heterocycles. The molecule has 0 N–H and O–H groups in total. The molecule has 1 saturated heterocycles. The van der Waals surface area contributed by atoms with Crippen LogP contribution in [0, 0.1) is 11.3 Å². The number of hydrogen-bond acceptors (Lipinski definition) is 6. The topological polar surface area (TPSA) is 106 Å². The van der Waals surface area contributed by atoms with E-state index in [1.54, 1.807) is 24.3 Å². The maximum absolute atomic E-state index is 13.1. The molecule has 9 heteroatoms. The number of aromatic nitrogens is 4. The highest BCUT2D eigenvalue weighted by molar-refractivity contribution is 5.81. The van der Waals surface area contributed by atoms with Crippen molar-refractivity contribution >= 4 is 5.91 Å². The molecule has 1 amide bonds. The van der Waals surface area contributed by atoms with Gasteiger partial charge in [0.15, 0.2) is 0 Å². The summed E-state index contributed by atoms with van der Waals surface area (Å²) in [5, 5.41) is 13.8. The molecule has 146 valence electrons. The van der Waals surface area contributed by atoms with Gasteiger partial charge in [0, 0.05) is 25.2 Å². The first-order valence-electron chi connectivity index (χ1n) is 9.49. The number of aryl methyl sites for hydroxylation is 1. The zero-order chi connectivity index (χ0) is 19.7. The molecular weight excluding hydrogens is 360 g/mol. The Kier molecular flexibility index (Phi) is 4.86. The summed E-state index contributed by atoms with van der Waals surface area (Å²) in [6.07, 6.45) is 5.21. The predicted molar refractivity (Wildman–Crippen MR) is 98.7 cm³/mol. The fourth-order valence-electron chi connectivity index (χ4n) is 4.02. The van der Waals surface area contributed by atoms with Gasteiger partial charge < -0.3 is 9.64 Å². The summed E-state index contributed by atoms with van der Waals surface area (Å²) in [6.45, 7) is 0.852. The third-order valence-corrected chi connectivity index (χ3v) is 5.44. The van der Waals surface area contributed by atoms with E-state index < -0.39 is 12.1 Å². The minimum Gasteiger partial charge on any atom is -0.481 e. The number of carbonyl (C=O) groups excluding carboxylic acids is 1. The van der Waals surface area contributed by atoms with Gasteiger partial charge in [-0.2, -0.15) is 10.4 Å². The number of nitriles is 1. The first kappa shape index (κ1) is 18.2. The molecule has 2 aromatic rings. The molecular formula is C19H22N6O3. The summed E-state index contributed by atoms with van der Waals surface area (Å²) in [4.78, 5) is 31.9. The molecule has 0 bridgehead atoms. The Morgan fingerprint density at radius 3 is 2.93 bits per heavy atom. The van der Waals surface area contributed by atoms with Crippen LogP contribution in [0.25, 0.3) is 0 Å². The first-order valence-corrected chi connectivity index (χ1v) is 9.49. The normalized spacial score (nSPS) is 21.2. The van der Waals surface area contributed by atoms with E-state index in [0.29, 0.717) is 37.5 Å². The maximum Gasteiger partial charge on any atom is 0.346 e. The van der Waals surface area contributed by atoms with Crippen LogP contribution < -0.4 is 10.4 Å². The van der Waals surface area contributed by atoms with Gasteiger partial charge in [0.2, 0.25) is 11.8 Å². The van der Waals surface area contributed by atoms with Gasteiger partial charge in [0.1, 0.15) is 17.9 Å². The standard InChI is InChI=1S/C19H22N6O3/c1-28-17-8-7-13(11-21-17)12-24-19(27)25-15(5-2-6-16(25)22-24)18(26)23-9-3-4-14(23)10-20/h7-8,11,14-15H,2-6,9,12H2,1H3/t14?,15-/m0/s1. The van der Waals surface area contributed by atoms with Gasteiger partial charge in [-0.15, -0.1) is 0 Å². The number of amides is 1. The fraction of sp³-hybridized carbons (Fsp3) is 0.526. The number of fused-ring (bicyclic) bond motifs is 1. The number of hydrogen-bond donors (Lipinski definition) is 0. The minimum atomic E-state index is -0.576. The average molecular weight is 382 g/mol. The Bertz CT molecular complexity index is 971. The molecule has 2 atom stereocenters.